The number of carbonyl (C=O) groups excluding carboxylic acids is 2. The number of aromatic nitrogens is 4. The highest BCUT2D eigenvalue weighted by atomic mass is 16.6. The molecule has 4 heterocycles. The van der Waals surface area contributed by atoms with Crippen molar-refractivity contribution in [1.29, 1.82) is 0 Å². The zero-order valence-corrected chi connectivity index (χ0v) is 29.6. The van der Waals surface area contributed by atoms with Gasteiger partial charge in [-0.1, -0.05) is 0 Å². The van der Waals surface area contributed by atoms with Gasteiger partial charge < -0.3 is 43.9 Å². The van der Waals surface area contributed by atoms with Gasteiger partial charge in [0.05, 0.1) is 59.3 Å². The molecule has 1 saturated carbocycles. The summed E-state index contributed by atoms with van der Waals surface area (Å²) in [7, 11) is 9.10. The van der Waals surface area contributed by atoms with Crippen molar-refractivity contribution in [2.24, 2.45) is 17.8 Å². The average Bonchev–Trinajstić information content (AvgIpc) is 3.54. The highest BCUT2D eigenvalue weighted by Gasteiger charge is 2.54. The smallest absolute Gasteiger partial charge is 0.338 e. The molecule has 51 heavy (non-hydrogen) atoms. The van der Waals surface area contributed by atoms with Crippen LogP contribution in [-0.4, -0.2) is 105 Å². The maximum Gasteiger partial charge on any atom is 0.338 e. The second kappa shape index (κ2) is 15.4. The van der Waals surface area contributed by atoms with Crippen LogP contribution >= 0.6 is 0 Å². The molecular weight excluding hydrogens is 660 g/mol. The fourth-order valence-corrected chi connectivity index (χ4v) is 8.01. The Balaban J connectivity index is 0.000000573. The van der Waals surface area contributed by atoms with Gasteiger partial charge in [-0.25, -0.2) is 4.79 Å². The van der Waals surface area contributed by atoms with E-state index in [1.165, 1.54) is 51.3 Å². The molecule has 1 aliphatic carbocycles. The number of rotatable bonds is 8. The molecule has 0 spiro atoms. The van der Waals surface area contributed by atoms with E-state index >= 15 is 0 Å². The summed E-state index contributed by atoms with van der Waals surface area (Å²) in [6, 6.07) is 11.0. The number of H-pyrrole nitrogens is 1. The molecule has 0 amide bonds. The lowest BCUT2D eigenvalue weighted by Gasteiger charge is -2.52. The van der Waals surface area contributed by atoms with Crippen molar-refractivity contribution in [3.05, 3.63) is 59.4 Å². The lowest BCUT2D eigenvalue weighted by molar-refractivity contribution is -0.176. The van der Waals surface area contributed by atoms with E-state index in [-0.39, 0.29) is 29.4 Å². The number of fused-ring (bicyclic) bond motifs is 6. The Labute approximate surface area is 295 Å². The van der Waals surface area contributed by atoms with Crippen LogP contribution in [0.15, 0.2) is 42.6 Å². The zero-order chi connectivity index (χ0) is 36.2. The van der Waals surface area contributed by atoms with E-state index in [0.717, 1.165) is 37.2 Å². The van der Waals surface area contributed by atoms with Crippen LogP contribution in [0.5, 0.6) is 23.0 Å². The first kappa shape index (κ1) is 35.7. The van der Waals surface area contributed by atoms with Crippen LogP contribution in [0.25, 0.3) is 10.9 Å². The van der Waals surface area contributed by atoms with Crippen LogP contribution in [0.2, 0.25) is 0 Å². The summed E-state index contributed by atoms with van der Waals surface area (Å²) in [4.78, 5) is 33.1. The molecule has 1 saturated heterocycles. The van der Waals surface area contributed by atoms with Crippen molar-refractivity contribution < 1.29 is 42.7 Å². The predicted molar refractivity (Wildman–Crippen MR) is 185 cm³/mol. The number of benzene rings is 2. The number of ether oxygens (including phenoxy) is 7. The first-order valence-electron chi connectivity index (χ1n) is 16.7. The molecule has 6 atom stereocenters. The van der Waals surface area contributed by atoms with Gasteiger partial charge in [-0.05, 0) is 66.1 Å². The second-order valence-electron chi connectivity index (χ2n) is 12.7. The van der Waals surface area contributed by atoms with Gasteiger partial charge >= 0.3 is 11.9 Å². The Morgan fingerprint density at radius 3 is 2.29 bits per heavy atom. The molecule has 3 N–H and O–H groups in total. The number of nitrogens with one attached hydrogen (secondary N) is 1. The fourth-order valence-electron chi connectivity index (χ4n) is 8.01. The largest absolute Gasteiger partial charge is 0.497 e. The van der Waals surface area contributed by atoms with Crippen LogP contribution in [0, 0.1) is 17.8 Å². The van der Waals surface area contributed by atoms with E-state index in [1.54, 1.807) is 32.4 Å². The number of methoxy groups -OCH3 is 6. The van der Waals surface area contributed by atoms with Gasteiger partial charge in [-0.2, -0.15) is 0 Å². The van der Waals surface area contributed by atoms with Crippen LogP contribution in [0.4, 0.5) is 5.82 Å². The molecule has 2 aromatic carbocycles. The molecule has 2 aliphatic heterocycles. The molecule has 2 aromatic heterocycles. The Kier molecular flexibility index (Phi) is 10.8. The van der Waals surface area contributed by atoms with Gasteiger partial charge in [0.15, 0.2) is 11.5 Å². The van der Waals surface area contributed by atoms with E-state index < -0.39 is 24.1 Å². The van der Waals surface area contributed by atoms with Crippen LogP contribution in [-0.2, 0) is 25.4 Å². The lowest BCUT2D eigenvalue weighted by atomic mass is 9.63. The maximum absolute atomic E-state index is 13.5. The summed E-state index contributed by atoms with van der Waals surface area (Å²) in [5, 5.41) is 11.3. The summed E-state index contributed by atoms with van der Waals surface area (Å²) in [5.41, 5.74) is 8.97. The molecule has 0 radical (unpaired) electrons. The number of hydrogen-bond acceptors (Lipinski definition) is 14. The van der Waals surface area contributed by atoms with Gasteiger partial charge in [0.25, 0.3) is 0 Å². The van der Waals surface area contributed by atoms with Gasteiger partial charge in [0.1, 0.15) is 23.8 Å². The standard InChI is InChI=1S/C33H40N2O9.C3H4N4/c1-38-19-7-8-20-21-9-10-35-16-18-13-27(44-32(36)17-11-25(39-2)30(41-4)26(12-17)40-3)31(42-5)28(33(37)43-6)22(18)15-24(35)29(21)34-23(20)14-19;4-3-1-2-5-7-6-3/h7-8,11-12,14,18,22,24,27-28,31,34H,9-10,13,15-16H2,1-6H3;1-2H,(H2,4,5,6)/t18-,22+,24-,27-,28+,31+;/m1./s1. The quantitative estimate of drug-likeness (QED) is 0.254. The van der Waals surface area contributed by atoms with Crippen LogP contribution in [0.1, 0.15) is 40.5 Å². The van der Waals surface area contributed by atoms with Crippen molar-refractivity contribution in [1.82, 2.24) is 25.3 Å². The van der Waals surface area contributed by atoms with E-state index in [0.29, 0.717) is 29.5 Å². The summed E-state index contributed by atoms with van der Waals surface area (Å²) >= 11 is 0. The molecule has 15 nitrogen and oxygen atoms in total. The number of esters is 2. The minimum atomic E-state index is -0.670. The summed E-state index contributed by atoms with van der Waals surface area (Å²) in [6.45, 7) is 1.68. The number of carbonyl (C=O) groups is 2. The Morgan fingerprint density at radius 1 is 0.941 bits per heavy atom. The van der Waals surface area contributed by atoms with Gasteiger partial charge in [-0.3, -0.25) is 9.69 Å². The molecule has 3 aliphatic rings. The van der Waals surface area contributed by atoms with Crippen molar-refractivity contribution in [2.45, 2.75) is 37.5 Å². The third kappa shape index (κ3) is 6.95. The van der Waals surface area contributed by atoms with Crippen molar-refractivity contribution in [3.63, 3.8) is 0 Å². The van der Waals surface area contributed by atoms with E-state index in [9.17, 15) is 9.59 Å². The predicted octanol–water partition coefficient (Wildman–Crippen LogP) is 3.62. The number of piperidine rings is 1. The van der Waals surface area contributed by atoms with Crippen molar-refractivity contribution in [3.8, 4) is 23.0 Å². The maximum atomic E-state index is 13.5. The van der Waals surface area contributed by atoms with E-state index in [1.807, 2.05) is 12.1 Å². The van der Waals surface area contributed by atoms with E-state index in [4.69, 9.17) is 38.9 Å². The molecule has 7 rings (SSSR count). The minimum absolute atomic E-state index is 0.0170. The Hall–Kier alpha value is -5.15. The van der Waals surface area contributed by atoms with E-state index in [2.05, 4.69) is 31.4 Å². The highest BCUT2D eigenvalue weighted by molar-refractivity contribution is 5.91. The molecule has 272 valence electrons. The molecule has 4 aromatic rings. The normalized spacial score (nSPS) is 23.7. The Bertz CT molecular complexity index is 1830. The molecule has 0 unspecified atom stereocenters. The second-order valence-corrected chi connectivity index (χ2v) is 12.7. The van der Waals surface area contributed by atoms with Crippen LogP contribution < -0.4 is 24.7 Å². The van der Waals surface area contributed by atoms with Gasteiger partial charge in [0.2, 0.25) is 5.75 Å². The van der Waals surface area contributed by atoms with Crippen molar-refractivity contribution in [2.75, 3.05) is 61.5 Å². The average molecular weight is 705 g/mol. The first-order chi connectivity index (χ1) is 24.7. The molecule has 15 heteroatoms. The lowest BCUT2D eigenvalue weighted by Crippen LogP contribution is -2.58. The van der Waals surface area contributed by atoms with Crippen LogP contribution in [0.3, 0.4) is 0 Å². The number of nitrogens with zero attached hydrogens (tertiary/aromatic N) is 4. The topological polar surface area (TPSA) is 182 Å². The number of hydrogen-bond donors (Lipinski definition) is 2. The first-order valence-corrected chi connectivity index (χ1v) is 16.7. The highest BCUT2D eigenvalue weighted by Crippen LogP contribution is 2.51. The number of aromatic amines is 1. The zero-order valence-electron chi connectivity index (χ0n) is 29.6. The van der Waals surface area contributed by atoms with Gasteiger partial charge in [0, 0.05) is 48.9 Å². The van der Waals surface area contributed by atoms with Gasteiger partial charge in [-0.15, -0.1) is 10.2 Å². The third-order valence-corrected chi connectivity index (χ3v) is 10.3. The number of nitrogen functional groups attached to an aromatic ring is 1. The Morgan fingerprint density at radius 2 is 1.71 bits per heavy atom. The summed E-state index contributed by atoms with van der Waals surface area (Å²) in [5.74, 6) is 0.839. The molecule has 0 bridgehead atoms. The number of nitrogens with two attached hydrogens (primary N) is 1. The summed E-state index contributed by atoms with van der Waals surface area (Å²) < 4.78 is 39.1. The third-order valence-electron chi connectivity index (χ3n) is 10.3. The molecule has 2 fully saturated rings. The molecular formula is C36H44N6O9. The fraction of sp³-hybridized carbons (Fsp3) is 0.472. The SMILES string of the molecule is COC(=O)[C@H]1[C@H]2C[C@@H]3c4[nH]c5cc(OC)ccc5c4CCN3C[C@H]2C[C@@H](OC(=O)c2cc(OC)c(OC)c(OC)c2)[C@@H]1OC.Nc1ccnnn1. The van der Waals surface area contributed by atoms with Crippen molar-refractivity contribution >= 4 is 28.7 Å². The summed E-state index contributed by atoms with van der Waals surface area (Å²) in [6.07, 6.45) is 2.41. The minimum Gasteiger partial charge on any atom is -0.497 e. The monoisotopic (exact) mass is 704 g/mol. The number of anilines is 1.